The molecule has 2 saturated heterocycles. The molecular weight excluding hydrogens is 562 g/mol. The number of esters is 2. The Kier molecular flexibility index (Phi) is 9.41. The molecule has 38 heavy (non-hydrogen) atoms. The number of carboxylic acids is 2. The quantitative estimate of drug-likeness (QED) is 0.146. The molecule has 0 bridgehead atoms. The number of carboxylic acid groups (broad SMARTS) is 2. The molecule has 0 saturated carbocycles. The molecule has 2 amide bonds. The molecule has 0 spiro atoms. The van der Waals surface area contributed by atoms with Gasteiger partial charge in [-0.25, -0.2) is 14.6 Å². The Hall–Kier alpha value is -2.72. The Morgan fingerprint density at radius 1 is 1.13 bits per heavy atom. The lowest BCUT2D eigenvalue weighted by Gasteiger charge is -2.49. The third kappa shape index (κ3) is 6.64. The standard InChI is InChI=1S/C22H27N3O10S3/c1-9(26)35-11(7-34-20(33)22(2,3)4)10-8-38-17-13(16(28)25(17)14(10)19(31)32)23-15(27)12(18(29)30)24-21-36-5-6-37-21/h11,13,17,21H,5-8H2,1-4H3,(H,23,27)(H,29,30)(H,31,32)/t11?,13-,17-/m1/s1. The average molecular weight is 590 g/mol. The van der Waals surface area contributed by atoms with Gasteiger partial charge in [0.05, 0.1) is 5.41 Å². The Labute approximate surface area is 230 Å². The van der Waals surface area contributed by atoms with Gasteiger partial charge in [0.2, 0.25) is 5.71 Å². The maximum atomic E-state index is 13.0. The molecule has 3 heterocycles. The molecule has 0 aliphatic carbocycles. The number of carbonyl (C=O) groups is 6. The predicted octanol–water partition coefficient (Wildman–Crippen LogP) is 0.535. The number of carbonyl (C=O) groups excluding carboxylic acids is 4. The molecule has 0 aromatic carbocycles. The van der Waals surface area contributed by atoms with Gasteiger partial charge in [-0.15, -0.1) is 35.3 Å². The van der Waals surface area contributed by atoms with E-state index >= 15 is 0 Å². The molecule has 3 aliphatic rings. The molecule has 2 fully saturated rings. The summed E-state index contributed by atoms with van der Waals surface area (Å²) < 4.78 is 10.0. The van der Waals surface area contributed by atoms with E-state index in [0.717, 1.165) is 35.1 Å². The van der Waals surface area contributed by atoms with Gasteiger partial charge >= 0.3 is 23.9 Å². The lowest BCUT2D eigenvalue weighted by atomic mass is 9.97. The number of nitrogens with one attached hydrogen (secondary N) is 1. The summed E-state index contributed by atoms with van der Waals surface area (Å²) in [7, 11) is 0. The highest BCUT2D eigenvalue weighted by Crippen LogP contribution is 2.42. The monoisotopic (exact) mass is 589 g/mol. The fraction of sp³-hybridized carbons (Fsp3) is 0.591. The number of aliphatic carboxylic acids is 2. The highest BCUT2D eigenvalue weighted by molar-refractivity contribution is 8.20. The van der Waals surface area contributed by atoms with Gasteiger partial charge in [0.15, 0.2) is 6.10 Å². The highest BCUT2D eigenvalue weighted by atomic mass is 32.2. The van der Waals surface area contributed by atoms with Crippen molar-refractivity contribution in [3.05, 3.63) is 11.3 Å². The Morgan fingerprint density at radius 3 is 2.29 bits per heavy atom. The number of hydrogen-bond acceptors (Lipinski definition) is 12. The summed E-state index contributed by atoms with van der Waals surface area (Å²) in [6.45, 7) is 5.53. The van der Waals surface area contributed by atoms with Crippen molar-refractivity contribution in [2.75, 3.05) is 23.9 Å². The van der Waals surface area contributed by atoms with Gasteiger partial charge in [0.1, 0.15) is 28.4 Å². The van der Waals surface area contributed by atoms with Crippen LogP contribution in [0.4, 0.5) is 0 Å². The number of thioether (sulfide) groups is 3. The van der Waals surface area contributed by atoms with Gasteiger partial charge < -0.3 is 25.0 Å². The van der Waals surface area contributed by atoms with Crippen LogP contribution < -0.4 is 5.32 Å². The van der Waals surface area contributed by atoms with Gasteiger partial charge in [-0.05, 0) is 20.8 Å². The molecule has 208 valence electrons. The fourth-order valence-electron chi connectivity index (χ4n) is 3.61. The molecule has 0 aromatic heterocycles. The summed E-state index contributed by atoms with van der Waals surface area (Å²) in [6.07, 6.45) is -1.26. The molecule has 3 atom stereocenters. The van der Waals surface area contributed by atoms with Crippen molar-refractivity contribution in [1.82, 2.24) is 10.2 Å². The topological polar surface area (TPSA) is 189 Å². The van der Waals surface area contributed by atoms with Crippen molar-refractivity contribution in [3.8, 4) is 0 Å². The maximum Gasteiger partial charge on any atom is 0.359 e. The number of ether oxygens (including phenoxy) is 2. The zero-order valence-electron chi connectivity index (χ0n) is 20.9. The van der Waals surface area contributed by atoms with E-state index in [0.29, 0.717) is 0 Å². The molecular formula is C22H27N3O10S3. The van der Waals surface area contributed by atoms with Crippen LogP contribution in [0.15, 0.2) is 16.3 Å². The van der Waals surface area contributed by atoms with Gasteiger partial charge in [-0.2, -0.15) is 0 Å². The SMILES string of the molecule is CC(=O)OC(COC(=O)C(C)(C)C)C1=C(C(=O)O)N2C(=O)[C@@H](NC(=O)C(=NC3SCCS3)C(=O)O)[C@H]2SC1. The molecule has 3 aliphatic heterocycles. The second-order valence-corrected chi connectivity index (χ2v) is 13.1. The van der Waals surface area contributed by atoms with Crippen LogP contribution in [0.5, 0.6) is 0 Å². The third-order valence-corrected chi connectivity index (χ3v) is 9.46. The van der Waals surface area contributed by atoms with Gasteiger partial charge in [-0.3, -0.25) is 24.1 Å². The van der Waals surface area contributed by atoms with Gasteiger partial charge in [-0.1, -0.05) is 0 Å². The first-order valence-corrected chi connectivity index (χ1v) is 14.5. The molecule has 3 rings (SSSR count). The number of aliphatic imine (C=N–C) groups is 1. The van der Waals surface area contributed by atoms with E-state index in [1.807, 2.05) is 0 Å². The first kappa shape index (κ1) is 29.8. The predicted molar refractivity (Wildman–Crippen MR) is 139 cm³/mol. The second kappa shape index (κ2) is 12.0. The zero-order chi connectivity index (χ0) is 28.4. The van der Waals surface area contributed by atoms with E-state index < -0.39 is 81.3 Å². The van der Waals surface area contributed by atoms with Crippen molar-refractivity contribution in [3.63, 3.8) is 0 Å². The summed E-state index contributed by atoms with van der Waals surface area (Å²) in [5.41, 5.74) is -2.00. The molecule has 16 heteroatoms. The van der Waals surface area contributed by atoms with Crippen LogP contribution in [-0.4, -0.2) is 103 Å². The minimum absolute atomic E-state index is 0.0251. The summed E-state index contributed by atoms with van der Waals surface area (Å²) in [6, 6.07) is -1.19. The fourth-order valence-corrected chi connectivity index (χ4v) is 7.51. The van der Waals surface area contributed by atoms with Crippen LogP contribution >= 0.6 is 35.3 Å². The van der Waals surface area contributed by atoms with Crippen LogP contribution in [0.2, 0.25) is 0 Å². The normalized spacial score (nSPS) is 22.8. The van der Waals surface area contributed by atoms with E-state index in [9.17, 15) is 39.0 Å². The van der Waals surface area contributed by atoms with E-state index in [2.05, 4.69) is 10.3 Å². The molecule has 3 N–H and O–H groups in total. The second-order valence-electron chi connectivity index (χ2n) is 9.32. The highest BCUT2D eigenvalue weighted by Gasteiger charge is 2.55. The summed E-state index contributed by atoms with van der Waals surface area (Å²) in [5.74, 6) is -4.70. The number of β-lactam (4-membered cyclic amide) rings is 1. The van der Waals surface area contributed by atoms with Crippen molar-refractivity contribution in [2.45, 2.75) is 49.9 Å². The Morgan fingerprint density at radius 2 is 1.76 bits per heavy atom. The van der Waals surface area contributed by atoms with Crippen molar-refractivity contribution in [2.24, 2.45) is 10.4 Å². The lowest BCUT2D eigenvalue weighted by molar-refractivity contribution is -0.161. The molecule has 13 nitrogen and oxygen atoms in total. The first-order chi connectivity index (χ1) is 17.7. The van der Waals surface area contributed by atoms with Crippen molar-refractivity contribution in [1.29, 1.82) is 0 Å². The van der Waals surface area contributed by atoms with E-state index in [4.69, 9.17) is 9.47 Å². The minimum Gasteiger partial charge on any atom is -0.477 e. The van der Waals surface area contributed by atoms with Crippen LogP contribution in [0, 0.1) is 5.41 Å². The van der Waals surface area contributed by atoms with E-state index in [1.54, 1.807) is 20.8 Å². The van der Waals surface area contributed by atoms with E-state index in [1.165, 1.54) is 23.5 Å². The van der Waals surface area contributed by atoms with Crippen molar-refractivity contribution < 1.29 is 48.5 Å². The molecule has 0 radical (unpaired) electrons. The van der Waals surface area contributed by atoms with Crippen LogP contribution in [0.1, 0.15) is 27.7 Å². The number of fused-ring (bicyclic) bond motifs is 1. The van der Waals surface area contributed by atoms with Gasteiger partial charge in [0, 0.05) is 29.8 Å². The Balaban J connectivity index is 1.82. The molecule has 1 unspecified atom stereocenters. The number of rotatable bonds is 9. The first-order valence-electron chi connectivity index (χ1n) is 11.3. The molecule has 0 aromatic rings. The Bertz CT molecular complexity index is 1110. The van der Waals surface area contributed by atoms with Crippen LogP contribution in [0.3, 0.4) is 0 Å². The number of nitrogens with zero attached hydrogens (tertiary/aromatic N) is 2. The minimum atomic E-state index is -1.54. The largest absolute Gasteiger partial charge is 0.477 e. The van der Waals surface area contributed by atoms with Crippen molar-refractivity contribution >= 4 is 76.7 Å². The lowest BCUT2D eigenvalue weighted by Crippen LogP contribution is -2.71. The average Bonchev–Trinajstić information content (AvgIpc) is 3.34. The maximum absolute atomic E-state index is 13.0. The third-order valence-electron chi connectivity index (χ3n) is 5.42. The van der Waals surface area contributed by atoms with Gasteiger partial charge in [0.25, 0.3) is 11.8 Å². The summed E-state index contributed by atoms with van der Waals surface area (Å²) >= 11 is 3.88. The zero-order valence-corrected chi connectivity index (χ0v) is 23.4. The van der Waals surface area contributed by atoms with Crippen LogP contribution in [0.25, 0.3) is 0 Å². The number of amides is 2. The summed E-state index contributed by atoms with van der Waals surface area (Å²) in [4.78, 5) is 78.4. The smallest absolute Gasteiger partial charge is 0.359 e. The number of hydrogen-bond donors (Lipinski definition) is 3. The summed E-state index contributed by atoms with van der Waals surface area (Å²) in [5, 5.41) is 20.9. The van der Waals surface area contributed by atoms with Crippen LogP contribution in [-0.2, 0) is 38.2 Å². The van der Waals surface area contributed by atoms with E-state index in [-0.39, 0.29) is 11.3 Å².